The number of rotatable bonds is 3. The molecule has 0 aliphatic carbocycles. The minimum Gasteiger partial charge on any atom is -0.339 e. The Labute approximate surface area is 183 Å². The Morgan fingerprint density at radius 2 is 1.40 bits per heavy atom. The van der Waals surface area contributed by atoms with Crippen molar-refractivity contribution < 1.29 is 9.59 Å². The molecular formula is C24H28ClN3O2. The average molecular weight is 426 g/mol. The molecule has 3 heterocycles. The maximum atomic E-state index is 12.7. The Balaban J connectivity index is 1.27. The van der Waals surface area contributed by atoms with Crippen LogP contribution in [0, 0.1) is 18.8 Å². The van der Waals surface area contributed by atoms with Crippen LogP contribution < -0.4 is 0 Å². The van der Waals surface area contributed by atoms with E-state index in [9.17, 15) is 9.59 Å². The number of piperidine rings is 2. The van der Waals surface area contributed by atoms with Gasteiger partial charge in [-0.1, -0.05) is 29.3 Å². The minimum absolute atomic E-state index is 0.0231. The van der Waals surface area contributed by atoms with Crippen molar-refractivity contribution in [3.05, 3.63) is 64.4 Å². The van der Waals surface area contributed by atoms with Crippen LogP contribution in [0.1, 0.15) is 52.0 Å². The summed E-state index contributed by atoms with van der Waals surface area (Å²) in [7, 11) is 0. The fourth-order valence-electron chi connectivity index (χ4n) is 4.74. The molecule has 2 aliphatic rings. The zero-order valence-corrected chi connectivity index (χ0v) is 18.1. The van der Waals surface area contributed by atoms with Gasteiger partial charge in [0.05, 0.1) is 5.56 Å². The summed E-state index contributed by atoms with van der Waals surface area (Å²) < 4.78 is 0. The third-order valence-electron chi connectivity index (χ3n) is 6.61. The standard InChI is InChI=1S/C24H28ClN3O2/c1-17-4-6-20(7-5-17)23(29)27-13-8-18(9-14-27)19-10-15-28(16-11-19)24(30)21-3-2-12-26-22(21)25/h2-7,12,18-19H,8-11,13-16H2,1H3. The van der Waals surface area contributed by atoms with Crippen LogP contribution in [0.5, 0.6) is 0 Å². The second-order valence-electron chi connectivity index (χ2n) is 8.47. The zero-order valence-electron chi connectivity index (χ0n) is 17.4. The van der Waals surface area contributed by atoms with Crippen molar-refractivity contribution in [2.45, 2.75) is 32.6 Å². The molecule has 5 nitrogen and oxygen atoms in total. The second kappa shape index (κ2) is 9.17. The number of benzene rings is 1. The smallest absolute Gasteiger partial charge is 0.256 e. The maximum absolute atomic E-state index is 12.7. The maximum Gasteiger partial charge on any atom is 0.256 e. The van der Waals surface area contributed by atoms with Gasteiger partial charge in [-0.25, -0.2) is 4.98 Å². The van der Waals surface area contributed by atoms with Gasteiger partial charge in [0.1, 0.15) is 5.15 Å². The predicted molar refractivity (Wildman–Crippen MR) is 118 cm³/mol. The summed E-state index contributed by atoms with van der Waals surface area (Å²) in [5, 5.41) is 0.273. The fraction of sp³-hybridized carbons (Fsp3) is 0.458. The molecular weight excluding hydrogens is 398 g/mol. The molecule has 1 aromatic heterocycles. The lowest BCUT2D eigenvalue weighted by Crippen LogP contribution is -2.44. The van der Waals surface area contributed by atoms with Crippen LogP contribution in [-0.2, 0) is 0 Å². The van der Waals surface area contributed by atoms with Gasteiger partial charge < -0.3 is 9.80 Å². The predicted octanol–water partition coefficient (Wildman–Crippen LogP) is 4.45. The first-order valence-corrected chi connectivity index (χ1v) is 11.2. The zero-order chi connectivity index (χ0) is 21.1. The lowest BCUT2D eigenvalue weighted by molar-refractivity contribution is 0.0537. The summed E-state index contributed by atoms with van der Waals surface area (Å²) in [6, 6.07) is 11.3. The van der Waals surface area contributed by atoms with E-state index in [0.29, 0.717) is 17.4 Å². The number of amides is 2. The average Bonchev–Trinajstić information content (AvgIpc) is 2.79. The van der Waals surface area contributed by atoms with Gasteiger partial charge in [0.2, 0.25) is 0 Å². The van der Waals surface area contributed by atoms with Crippen LogP contribution in [-0.4, -0.2) is 52.8 Å². The summed E-state index contributed by atoms with van der Waals surface area (Å²) in [6.45, 7) is 5.20. The summed E-state index contributed by atoms with van der Waals surface area (Å²) in [5.74, 6) is 1.37. The lowest BCUT2D eigenvalue weighted by atomic mass is 9.78. The van der Waals surface area contributed by atoms with Crippen molar-refractivity contribution >= 4 is 23.4 Å². The molecule has 0 spiro atoms. The van der Waals surface area contributed by atoms with Crippen molar-refractivity contribution in [2.24, 2.45) is 11.8 Å². The van der Waals surface area contributed by atoms with Gasteiger partial charge in [0.15, 0.2) is 0 Å². The first kappa shape index (κ1) is 20.9. The first-order chi connectivity index (χ1) is 14.5. The highest BCUT2D eigenvalue weighted by Gasteiger charge is 2.32. The molecule has 0 saturated carbocycles. The topological polar surface area (TPSA) is 53.5 Å². The number of likely N-dealkylation sites (tertiary alicyclic amines) is 2. The quantitative estimate of drug-likeness (QED) is 0.683. The number of aryl methyl sites for hydroxylation is 1. The summed E-state index contributed by atoms with van der Waals surface area (Å²) in [5.41, 5.74) is 2.43. The van der Waals surface area contributed by atoms with Crippen LogP contribution in [0.25, 0.3) is 0 Å². The van der Waals surface area contributed by atoms with Crippen molar-refractivity contribution in [2.75, 3.05) is 26.2 Å². The molecule has 0 bridgehead atoms. The molecule has 158 valence electrons. The van der Waals surface area contributed by atoms with Gasteiger partial charge in [-0.15, -0.1) is 0 Å². The second-order valence-corrected chi connectivity index (χ2v) is 8.83. The molecule has 2 aromatic rings. The van der Waals surface area contributed by atoms with Gasteiger partial charge in [-0.05, 0) is 68.7 Å². The van der Waals surface area contributed by atoms with Crippen LogP contribution in [0.4, 0.5) is 0 Å². The van der Waals surface area contributed by atoms with E-state index in [-0.39, 0.29) is 17.0 Å². The van der Waals surface area contributed by atoms with E-state index in [0.717, 1.165) is 57.4 Å². The molecule has 0 atom stereocenters. The number of halogens is 1. The Bertz CT molecular complexity index is 899. The van der Waals surface area contributed by atoms with Crippen molar-refractivity contribution in [3.8, 4) is 0 Å². The SMILES string of the molecule is Cc1ccc(C(=O)N2CCC(C3CCN(C(=O)c4cccnc4Cl)CC3)CC2)cc1. The molecule has 0 radical (unpaired) electrons. The number of nitrogens with zero attached hydrogens (tertiary/aromatic N) is 3. The molecule has 1 aromatic carbocycles. The molecule has 2 amide bonds. The summed E-state index contributed by atoms with van der Waals surface area (Å²) >= 11 is 6.09. The number of carbonyl (C=O) groups excluding carboxylic acids is 2. The van der Waals surface area contributed by atoms with Crippen molar-refractivity contribution in [1.29, 1.82) is 0 Å². The molecule has 0 N–H and O–H groups in total. The number of hydrogen-bond acceptors (Lipinski definition) is 3. The highest BCUT2D eigenvalue weighted by Crippen LogP contribution is 2.33. The number of pyridine rings is 1. The normalized spacial score (nSPS) is 18.5. The minimum atomic E-state index is -0.0231. The number of aromatic nitrogens is 1. The Kier molecular flexibility index (Phi) is 6.38. The molecule has 4 rings (SSSR count). The van der Waals surface area contributed by atoms with Crippen molar-refractivity contribution in [3.63, 3.8) is 0 Å². The largest absolute Gasteiger partial charge is 0.339 e. The molecule has 2 fully saturated rings. The molecule has 2 saturated heterocycles. The Morgan fingerprint density at radius 1 is 0.867 bits per heavy atom. The summed E-state index contributed by atoms with van der Waals surface area (Å²) in [6.07, 6.45) is 5.72. The van der Waals surface area contributed by atoms with Gasteiger partial charge in [-0.3, -0.25) is 9.59 Å². The third kappa shape index (κ3) is 4.51. The molecule has 30 heavy (non-hydrogen) atoms. The molecule has 2 aliphatic heterocycles. The van der Waals surface area contributed by atoms with Gasteiger partial charge in [0, 0.05) is 37.9 Å². The van der Waals surface area contributed by atoms with Crippen LogP contribution in [0.3, 0.4) is 0 Å². The van der Waals surface area contributed by atoms with Gasteiger partial charge in [0.25, 0.3) is 11.8 Å². The first-order valence-electron chi connectivity index (χ1n) is 10.8. The molecule has 0 unspecified atom stereocenters. The highest BCUT2D eigenvalue weighted by molar-refractivity contribution is 6.32. The monoisotopic (exact) mass is 425 g/mol. The summed E-state index contributed by atoms with van der Waals surface area (Å²) in [4.78, 5) is 33.4. The lowest BCUT2D eigenvalue weighted by Gasteiger charge is -2.40. The van der Waals surface area contributed by atoms with E-state index >= 15 is 0 Å². The number of hydrogen-bond donors (Lipinski definition) is 0. The number of carbonyl (C=O) groups is 2. The van der Waals surface area contributed by atoms with E-state index in [1.807, 2.05) is 41.0 Å². The van der Waals surface area contributed by atoms with E-state index < -0.39 is 0 Å². The van der Waals surface area contributed by atoms with Crippen molar-refractivity contribution in [1.82, 2.24) is 14.8 Å². The van der Waals surface area contributed by atoms with E-state index in [1.165, 1.54) is 5.56 Å². The van der Waals surface area contributed by atoms with Crippen LogP contribution in [0.2, 0.25) is 5.15 Å². The van der Waals surface area contributed by atoms with E-state index in [2.05, 4.69) is 4.98 Å². The van der Waals surface area contributed by atoms with Gasteiger partial charge >= 0.3 is 0 Å². The molecule has 6 heteroatoms. The van der Waals surface area contributed by atoms with Crippen LogP contribution in [0.15, 0.2) is 42.6 Å². The van der Waals surface area contributed by atoms with Gasteiger partial charge in [-0.2, -0.15) is 0 Å². The highest BCUT2D eigenvalue weighted by atomic mass is 35.5. The van der Waals surface area contributed by atoms with E-state index in [1.54, 1.807) is 18.3 Å². The fourth-order valence-corrected chi connectivity index (χ4v) is 4.94. The van der Waals surface area contributed by atoms with E-state index in [4.69, 9.17) is 11.6 Å². The Morgan fingerprint density at radius 3 is 1.93 bits per heavy atom. The van der Waals surface area contributed by atoms with Crippen LogP contribution >= 0.6 is 11.6 Å². The Hall–Kier alpha value is -2.40. The third-order valence-corrected chi connectivity index (χ3v) is 6.91.